The molecule has 3 rings (SSSR count). The summed E-state index contributed by atoms with van der Waals surface area (Å²) in [7, 11) is 1.60. The summed E-state index contributed by atoms with van der Waals surface area (Å²) in [5.41, 5.74) is 7.32. The van der Waals surface area contributed by atoms with Crippen molar-refractivity contribution in [1.29, 1.82) is 0 Å². The number of nitrogens with two attached hydrogens (primary N) is 1. The van der Waals surface area contributed by atoms with Crippen molar-refractivity contribution in [2.24, 2.45) is 0 Å². The largest absolute Gasteiger partial charge is 0.494 e. The highest BCUT2D eigenvalue weighted by atomic mass is 16.5. The molecule has 0 amide bonds. The number of ether oxygens (including phenoxy) is 1. The van der Waals surface area contributed by atoms with E-state index in [-0.39, 0.29) is 0 Å². The SMILES string of the molecule is COc1c(N)cccc1-c1nc2n(n1)CCNC2. The topological polar surface area (TPSA) is 78.0 Å². The molecular formula is C12H15N5O. The van der Waals surface area contributed by atoms with Gasteiger partial charge in [0.1, 0.15) is 5.82 Å². The first-order valence-electron chi connectivity index (χ1n) is 5.87. The van der Waals surface area contributed by atoms with Gasteiger partial charge in [0.05, 0.1) is 31.5 Å². The van der Waals surface area contributed by atoms with Gasteiger partial charge in [0, 0.05) is 6.54 Å². The second-order valence-electron chi connectivity index (χ2n) is 4.18. The zero-order chi connectivity index (χ0) is 12.5. The zero-order valence-corrected chi connectivity index (χ0v) is 10.2. The number of aromatic nitrogens is 3. The van der Waals surface area contributed by atoms with Crippen LogP contribution in [-0.2, 0) is 13.1 Å². The van der Waals surface area contributed by atoms with Gasteiger partial charge in [-0.05, 0) is 12.1 Å². The molecule has 0 saturated heterocycles. The Morgan fingerprint density at radius 1 is 1.44 bits per heavy atom. The maximum Gasteiger partial charge on any atom is 0.185 e. The number of nitrogens with one attached hydrogen (secondary N) is 1. The van der Waals surface area contributed by atoms with Crippen LogP contribution in [0.2, 0.25) is 0 Å². The minimum Gasteiger partial charge on any atom is -0.494 e. The number of para-hydroxylation sites is 1. The van der Waals surface area contributed by atoms with Crippen molar-refractivity contribution in [3.05, 3.63) is 24.0 Å². The van der Waals surface area contributed by atoms with E-state index in [1.807, 2.05) is 16.8 Å². The molecule has 1 aromatic carbocycles. The number of nitrogen functional groups attached to an aromatic ring is 1. The van der Waals surface area contributed by atoms with Crippen molar-refractivity contribution in [2.75, 3.05) is 19.4 Å². The molecule has 0 fully saturated rings. The van der Waals surface area contributed by atoms with Crippen LogP contribution in [-0.4, -0.2) is 28.4 Å². The van der Waals surface area contributed by atoms with Crippen LogP contribution in [0.25, 0.3) is 11.4 Å². The van der Waals surface area contributed by atoms with Gasteiger partial charge in [-0.2, -0.15) is 5.10 Å². The molecule has 3 N–H and O–H groups in total. The van der Waals surface area contributed by atoms with Crippen molar-refractivity contribution in [2.45, 2.75) is 13.1 Å². The van der Waals surface area contributed by atoms with Crippen LogP contribution in [0.3, 0.4) is 0 Å². The van der Waals surface area contributed by atoms with Gasteiger partial charge in [0.25, 0.3) is 0 Å². The number of hydrogen-bond acceptors (Lipinski definition) is 5. The second kappa shape index (κ2) is 4.30. The van der Waals surface area contributed by atoms with Gasteiger partial charge in [0.2, 0.25) is 0 Å². The summed E-state index contributed by atoms with van der Waals surface area (Å²) < 4.78 is 7.26. The summed E-state index contributed by atoms with van der Waals surface area (Å²) in [5.74, 6) is 2.24. The van der Waals surface area contributed by atoms with Crippen molar-refractivity contribution in [3.8, 4) is 17.1 Å². The lowest BCUT2D eigenvalue weighted by Gasteiger charge is -2.11. The van der Waals surface area contributed by atoms with E-state index in [1.165, 1.54) is 0 Å². The van der Waals surface area contributed by atoms with Crippen LogP contribution in [0.5, 0.6) is 5.75 Å². The Bertz CT molecular complexity index is 554. The number of hydrogen-bond donors (Lipinski definition) is 2. The predicted octanol–water partition coefficient (Wildman–Crippen LogP) is 0.639. The molecule has 94 valence electrons. The Labute approximate surface area is 105 Å². The number of nitrogens with zero attached hydrogens (tertiary/aromatic N) is 3. The van der Waals surface area contributed by atoms with Gasteiger partial charge in [-0.3, -0.25) is 0 Å². The molecule has 0 bridgehead atoms. The fourth-order valence-corrected chi connectivity index (χ4v) is 2.14. The summed E-state index contributed by atoms with van der Waals surface area (Å²) in [4.78, 5) is 4.52. The summed E-state index contributed by atoms with van der Waals surface area (Å²) >= 11 is 0. The monoisotopic (exact) mass is 245 g/mol. The van der Waals surface area contributed by atoms with Crippen LogP contribution >= 0.6 is 0 Å². The van der Waals surface area contributed by atoms with Crippen LogP contribution in [0.4, 0.5) is 5.69 Å². The van der Waals surface area contributed by atoms with Crippen molar-refractivity contribution in [1.82, 2.24) is 20.1 Å². The molecule has 0 saturated carbocycles. The molecule has 0 unspecified atom stereocenters. The third-order valence-corrected chi connectivity index (χ3v) is 3.02. The van der Waals surface area contributed by atoms with E-state index in [2.05, 4.69) is 15.4 Å². The standard InChI is InChI=1S/C12H15N5O/c1-18-11-8(3-2-4-9(11)13)12-15-10-7-14-5-6-17(10)16-12/h2-4,14H,5-7,13H2,1H3. The van der Waals surface area contributed by atoms with Gasteiger partial charge in [0.15, 0.2) is 11.6 Å². The summed E-state index contributed by atoms with van der Waals surface area (Å²) in [6.07, 6.45) is 0. The third-order valence-electron chi connectivity index (χ3n) is 3.02. The molecule has 6 heteroatoms. The van der Waals surface area contributed by atoms with Crippen LogP contribution in [0.15, 0.2) is 18.2 Å². The summed E-state index contributed by atoms with van der Waals surface area (Å²) in [5, 5.41) is 7.77. The van der Waals surface area contributed by atoms with Gasteiger partial charge in [-0.15, -0.1) is 0 Å². The number of methoxy groups -OCH3 is 1. The van der Waals surface area contributed by atoms with Crippen LogP contribution < -0.4 is 15.8 Å². The molecule has 0 radical (unpaired) electrons. The molecular weight excluding hydrogens is 230 g/mol. The van der Waals surface area contributed by atoms with Crippen molar-refractivity contribution >= 4 is 5.69 Å². The molecule has 0 spiro atoms. The minimum absolute atomic E-state index is 0.598. The Hall–Kier alpha value is -2.08. The lowest BCUT2D eigenvalue weighted by molar-refractivity contribution is 0.418. The predicted molar refractivity (Wildman–Crippen MR) is 68.1 cm³/mol. The van der Waals surface area contributed by atoms with Crippen molar-refractivity contribution < 1.29 is 4.74 Å². The summed E-state index contributed by atoms with van der Waals surface area (Å²) in [6.45, 7) is 2.51. The highest BCUT2D eigenvalue weighted by Gasteiger charge is 2.17. The van der Waals surface area contributed by atoms with Gasteiger partial charge < -0.3 is 15.8 Å². The number of anilines is 1. The molecule has 0 atom stereocenters. The second-order valence-corrected chi connectivity index (χ2v) is 4.18. The maximum absolute atomic E-state index is 5.89. The highest BCUT2D eigenvalue weighted by molar-refractivity contribution is 5.73. The van der Waals surface area contributed by atoms with E-state index in [0.29, 0.717) is 17.3 Å². The van der Waals surface area contributed by atoms with Crippen molar-refractivity contribution in [3.63, 3.8) is 0 Å². The van der Waals surface area contributed by atoms with E-state index in [9.17, 15) is 0 Å². The molecule has 0 aliphatic carbocycles. The fourth-order valence-electron chi connectivity index (χ4n) is 2.14. The highest BCUT2D eigenvalue weighted by Crippen LogP contribution is 2.32. The molecule has 1 aromatic heterocycles. The lowest BCUT2D eigenvalue weighted by Crippen LogP contribution is -2.28. The lowest BCUT2D eigenvalue weighted by atomic mass is 10.1. The van der Waals surface area contributed by atoms with Crippen LogP contribution in [0.1, 0.15) is 5.82 Å². The average Bonchev–Trinajstić information content (AvgIpc) is 2.82. The van der Waals surface area contributed by atoms with E-state index < -0.39 is 0 Å². The molecule has 2 aromatic rings. The first-order valence-corrected chi connectivity index (χ1v) is 5.87. The molecule has 18 heavy (non-hydrogen) atoms. The first-order chi connectivity index (χ1) is 8.79. The number of fused-ring (bicyclic) bond motifs is 1. The smallest absolute Gasteiger partial charge is 0.185 e. The normalized spacial score (nSPS) is 14.3. The van der Waals surface area contributed by atoms with E-state index in [0.717, 1.165) is 31.0 Å². The van der Waals surface area contributed by atoms with E-state index in [4.69, 9.17) is 10.5 Å². The quantitative estimate of drug-likeness (QED) is 0.759. The fraction of sp³-hybridized carbons (Fsp3) is 0.333. The van der Waals surface area contributed by atoms with E-state index >= 15 is 0 Å². The Morgan fingerprint density at radius 3 is 3.11 bits per heavy atom. The molecule has 6 nitrogen and oxygen atoms in total. The van der Waals surface area contributed by atoms with Crippen LogP contribution in [0, 0.1) is 0 Å². The minimum atomic E-state index is 0.598. The Morgan fingerprint density at radius 2 is 2.33 bits per heavy atom. The molecule has 1 aliphatic heterocycles. The first kappa shape index (κ1) is 11.0. The van der Waals surface area contributed by atoms with Gasteiger partial charge in [-0.25, -0.2) is 9.67 Å². The average molecular weight is 245 g/mol. The number of rotatable bonds is 2. The molecule has 1 aliphatic rings. The maximum atomic E-state index is 5.89. The van der Waals surface area contributed by atoms with Gasteiger partial charge in [-0.1, -0.05) is 6.07 Å². The molecule has 2 heterocycles. The number of benzene rings is 1. The third kappa shape index (κ3) is 1.70. The summed E-state index contributed by atoms with van der Waals surface area (Å²) in [6, 6.07) is 5.61. The Kier molecular flexibility index (Phi) is 2.64. The Balaban J connectivity index is 2.09. The van der Waals surface area contributed by atoms with E-state index in [1.54, 1.807) is 13.2 Å². The zero-order valence-electron chi connectivity index (χ0n) is 10.2. The van der Waals surface area contributed by atoms with Gasteiger partial charge >= 0.3 is 0 Å².